The van der Waals surface area contributed by atoms with Crippen LogP contribution in [0.15, 0.2) is 94.9 Å². The van der Waals surface area contributed by atoms with Crippen molar-refractivity contribution in [2.45, 2.75) is 47.2 Å². The molecule has 0 bridgehead atoms. The van der Waals surface area contributed by atoms with Crippen molar-refractivity contribution in [3.63, 3.8) is 0 Å². The number of benzene rings is 2. The first-order chi connectivity index (χ1) is 16.9. The third-order valence-electron chi connectivity index (χ3n) is 5.75. The van der Waals surface area contributed by atoms with Gasteiger partial charge in [0.15, 0.2) is 11.9 Å². The number of halogens is 1. The zero-order chi connectivity index (χ0) is 26.1. The van der Waals surface area contributed by atoms with Crippen LogP contribution in [0.5, 0.6) is 0 Å². The lowest BCUT2D eigenvalue weighted by Gasteiger charge is -2.34. The van der Waals surface area contributed by atoms with Gasteiger partial charge in [0.05, 0.1) is 22.8 Å². The Morgan fingerprint density at radius 3 is 2.14 bits per heavy atom. The highest BCUT2D eigenvalue weighted by molar-refractivity contribution is 7.87. The van der Waals surface area contributed by atoms with Gasteiger partial charge in [-0.15, -0.1) is 0 Å². The summed E-state index contributed by atoms with van der Waals surface area (Å²) < 4.78 is 83.4. The number of alkyl halides is 1. The largest absolute Gasteiger partial charge is 0.346 e. The second kappa shape index (κ2) is 9.87. The SMILES string of the molecule is C=C1C=CN([C@@H]2O[C@H](COS(=O)(=O)c3ccccc3)[C@@H](OS(=O)(=O)c3ccccc3)[C@@]2(C)F)C(=O)C1. The van der Waals surface area contributed by atoms with E-state index in [4.69, 9.17) is 13.1 Å². The van der Waals surface area contributed by atoms with Crippen molar-refractivity contribution in [2.75, 3.05) is 6.61 Å². The minimum Gasteiger partial charge on any atom is -0.346 e. The number of allylic oxidation sites excluding steroid dienone is 1. The second-order valence-corrected chi connectivity index (χ2v) is 11.7. The van der Waals surface area contributed by atoms with E-state index in [-0.39, 0.29) is 16.2 Å². The highest BCUT2D eigenvalue weighted by Gasteiger charge is 2.60. The molecule has 4 rings (SSSR count). The Bertz CT molecular complexity index is 1380. The van der Waals surface area contributed by atoms with Crippen molar-refractivity contribution >= 4 is 26.1 Å². The number of carbonyl (C=O) groups is 1. The van der Waals surface area contributed by atoms with Crippen LogP contribution in [0, 0.1) is 0 Å². The molecule has 0 radical (unpaired) electrons. The Morgan fingerprint density at radius 1 is 1.03 bits per heavy atom. The molecule has 2 heterocycles. The molecule has 9 nitrogen and oxygen atoms in total. The molecular weight excluding hydrogens is 513 g/mol. The van der Waals surface area contributed by atoms with Crippen molar-refractivity contribution < 1.29 is 39.1 Å². The molecule has 1 amide bonds. The molecule has 0 N–H and O–H groups in total. The first kappa shape index (κ1) is 26.2. The van der Waals surface area contributed by atoms with E-state index in [0.29, 0.717) is 5.57 Å². The van der Waals surface area contributed by atoms with Crippen molar-refractivity contribution in [2.24, 2.45) is 0 Å². The highest BCUT2D eigenvalue weighted by Crippen LogP contribution is 2.41. The normalized spacial score (nSPS) is 26.9. The molecule has 0 spiro atoms. The van der Waals surface area contributed by atoms with Gasteiger partial charge in [-0.25, -0.2) is 4.39 Å². The van der Waals surface area contributed by atoms with Crippen LogP contribution < -0.4 is 0 Å². The molecule has 2 aromatic carbocycles. The summed E-state index contributed by atoms with van der Waals surface area (Å²) in [6, 6.07) is 14.3. The zero-order valence-corrected chi connectivity index (χ0v) is 20.8. The fourth-order valence-electron chi connectivity index (χ4n) is 3.91. The number of rotatable bonds is 8. The summed E-state index contributed by atoms with van der Waals surface area (Å²) in [7, 11) is -8.77. The van der Waals surface area contributed by atoms with Gasteiger partial charge in [0.25, 0.3) is 20.2 Å². The lowest BCUT2D eigenvalue weighted by Crippen LogP contribution is -2.52. The standard InChI is InChI=1S/C24H24FNO8S2/c1-17-13-14-26(21(27)15-17)23-24(2,25)22(34-36(30,31)19-11-7-4-8-12-19)20(33-23)16-32-35(28,29)18-9-5-3-6-10-18/h3-14,20,22-23H,1,15-16H2,2H3/t20-,22-,23-,24-/m1/s1. The molecule has 0 saturated carbocycles. The number of hydrogen-bond donors (Lipinski definition) is 0. The predicted octanol–water partition coefficient (Wildman–Crippen LogP) is 2.92. The van der Waals surface area contributed by atoms with E-state index in [9.17, 15) is 21.6 Å². The van der Waals surface area contributed by atoms with Gasteiger partial charge >= 0.3 is 0 Å². The van der Waals surface area contributed by atoms with Crippen LogP contribution in [0.4, 0.5) is 4.39 Å². The molecule has 36 heavy (non-hydrogen) atoms. The Balaban J connectivity index is 1.65. The average molecular weight is 538 g/mol. The smallest absolute Gasteiger partial charge is 0.297 e. The lowest BCUT2D eigenvalue weighted by atomic mass is 9.97. The quantitative estimate of drug-likeness (QED) is 0.472. The summed E-state index contributed by atoms with van der Waals surface area (Å²) in [6.45, 7) is 3.96. The van der Waals surface area contributed by atoms with Gasteiger partial charge in [0, 0.05) is 6.20 Å². The number of ether oxygens (including phenoxy) is 1. The molecule has 0 unspecified atom stereocenters. The summed E-state index contributed by atoms with van der Waals surface area (Å²) in [5.41, 5.74) is -2.08. The first-order valence-electron chi connectivity index (χ1n) is 10.9. The topological polar surface area (TPSA) is 116 Å². The monoisotopic (exact) mass is 537 g/mol. The van der Waals surface area contributed by atoms with Gasteiger partial charge in [0.2, 0.25) is 5.91 Å². The van der Waals surface area contributed by atoms with Crippen LogP contribution >= 0.6 is 0 Å². The van der Waals surface area contributed by atoms with Crippen LogP contribution in [-0.4, -0.2) is 58.4 Å². The third kappa shape index (κ3) is 5.27. The second-order valence-electron chi connectivity index (χ2n) is 8.47. The van der Waals surface area contributed by atoms with Crippen LogP contribution in [-0.2, 0) is 38.1 Å². The molecule has 2 aromatic rings. The summed E-state index contributed by atoms with van der Waals surface area (Å²) in [4.78, 5) is 13.2. The Morgan fingerprint density at radius 2 is 1.58 bits per heavy atom. The number of carbonyl (C=O) groups excluding carboxylic acids is 1. The average Bonchev–Trinajstić information content (AvgIpc) is 3.08. The number of nitrogens with zero attached hydrogens (tertiary/aromatic N) is 1. The molecule has 4 atom stereocenters. The molecule has 1 saturated heterocycles. The minimum atomic E-state index is -4.49. The van der Waals surface area contributed by atoms with Gasteiger partial charge < -0.3 is 4.74 Å². The lowest BCUT2D eigenvalue weighted by molar-refractivity contribution is -0.147. The summed E-state index contributed by atoms with van der Waals surface area (Å²) in [5.74, 6) is -0.528. The van der Waals surface area contributed by atoms with Crippen molar-refractivity contribution in [1.29, 1.82) is 0 Å². The Labute approximate surface area is 209 Å². The molecule has 12 heteroatoms. The van der Waals surface area contributed by atoms with Crippen LogP contribution in [0.2, 0.25) is 0 Å². The molecular formula is C24H24FNO8S2. The van der Waals surface area contributed by atoms with E-state index in [1.54, 1.807) is 12.1 Å². The maximum absolute atomic E-state index is 16.3. The van der Waals surface area contributed by atoms with Gasteiger partial charge in [-0.1, -0.05) is 43.0 Å². The van der Waals surface area contributed by atoms with Crippen molar-refractivity contribution in [3.05, 3.63) is 85.1 Å². The van der Waals surface area contributed by atoms with Crippen molar-refractivity contribution in [1.82, 2.24) is 4.90 Å². The minimum absolute atomic E-state index is 0.0934. The molecule has 2 aliphatic rings. The van der Waals surface area contributed by atoms with E-state index in [2.05, 4.69) is 6.58 Å². The maximum Gasteiger partial charge on any atom is 0.297 e. The first-order valence-corrected chi connectivity index (χ1v) is 13.7. The third-order valence-corrected chi connectivity index (χ3v) is 8.36. The molecule has 0 aromatic heterocycles. The van der Waals surface area contributed by atoms with Gasteiger partial charge in [0.1, 0.15) is 12.2 Å². The molecule has 1 fully saturated rings. The summed E-state index contributed by atoms with van der Waals surface area (Å²) >= 11 is 0. The van der Waals surface area contributed by atoms with Gasteiger partial charge in [-0.3, -0.25) is 18.1 Å². The Hall–Kier alpha value is -2.90. The highest BCUT2D eigenvalue weighted by atomic mass is 32.2. The van der Waals surface area contributed by atoms with Gasteiger partial charge in [-0.2, -0.15) is 16.8 Å². The van der Waals surface area contributed by atoms with Crippen LogP contribution in [0.25, 0.3) is 0 Å². The van der Waals surface area contributed by atoms with Gasteiger partial charge in [-0.05, 0) is 42.8 Å². The maximum atomic E-state index is 16.3. The van der Waals surface area contributed by atoms with E-state index in [1.165, 1.54) is 60.8 Å². The fraction of sp³-hybridized carbons (Fsp3) is 0.292. The van der Waals surface area contributed by atoms with E-state index < -0.39 is 56.9 Å². The van der Waals surface area contributed by atoms with E-state index in [0.717, 1.165) is 11.8 Å². The Kier molecular flexibility index (Phi) is 7.17. The predicted molar refractivity (Wildman–Crippen MR) is 126 cm³/mol. The zero-order valence-electron chi connectivity index (χ0n) is 19.2. The molecule has 192 valence electrons. The fourth-order valence-corrected chi connectivity index (χ4v) is 6.03. The van der Waals surface area contributed by atoms with Crippen molar-refractivity contribution in [3.8, 4) is 0 Å². The molecule has 2 aliphatic heterocycles. The van der Waals surface area contributed by atoms with Crippen LogP contribution in [0.1, 0.15) is 13.3 Å². The van der Waals surface area contributed by atoms with E-state index >= 15 is 4.39 Å². The number of amides is 1. The van der Waals surface area contributed by atoms with Crippen LogP contribution in [0.3, 0.4) is 0 Å². The molecule has 0 aliphatic carbocycles. The number of hydrogen-bond acceptors (Lipinski definition) is 8. The summed E-state index contributed by atoms with van der Waals surface area (Å²) in [5, 5.41) is 0. The van der Waals surface area contributed by atoms with E-state index in [1.807, 2.05) is 0 Å². The summed E-state index contributed by atoms with van der Waals surface area (Å²) in [6.07, 6.45) is -2.27.